The minimum Gasteiger partial charge on any atom is -0.467 e. The molecule has 1 atom stereocenters. The standard InChI is InChI=1S/C26H31F2N3O4/c1-14-10-15(2)22(16(3)11-14)31-26(34)29-21-13-20(28)19(27)12-18(21)24(32)30-23(25(33)35-4)17-8-6-5-7-9-17/h10-13,17,23H,5-9H2,1-4H3,(H,30,32)(H2,29,31,34)/t23-/m0/s1. The Balaban J connectivity index is 1.85. The van der Waals surface area contributed by atoms with E-state index in [2.05, 4.69) is 16.0 Å². The molecule has 2 aromatic carbocycles. The van der Waals surface area contributed by atoms with E-state index >= 15 is 0 Å². The van der Waals surface area contributed by atoms with Gasteiger partial charge in [0.2, 0.25) is 0 Å². The van der Waals surface area contributed by atoms with E-state index in [4.69, 9.17) is 4.74 Å². The molecular formula is C26H31F2N3O4. The van der Waals surface area contributed by atoms with Crippen LogP contribution in [0.4, 0.5) is 25.0 Å². The van der Waals surface area contributed by atoms with Gasteiger partial charge in [0.25, 0.3) is 5.91 Å². The lowest BCUT2D eigenvalue weighted by Crippen LogP contribution is -2.47. The van der Waals surface area contributed by atoms with Gasteiger partial charge in [0.1, 0.15) is 6.04 Å². The second kappa shape index (κ2) is 11.3. The molecule has 35 heavy (non-hydrogen) atoms. The number of rotatable bonds is 6. The highest BCUT2D eigenvalue weighted by molar-refractivity contribution is 6.07. The Bertz CT molecular complexity index is 1110. The summed E-state index contributed by atoms with van der Waals surface area (Å²) in [6, 6.07) is 3.59. The molecular weight excluding hydrogens is 456 g/mol. The molecule has 0 radical (unpaired) electrons. The van der Waals surface area contributed by atoms with Crippen molar-refractivity contribution in [3.63, 3.8) is 0 Å². The van der Waals surface area contributed by atoms with E-state index in [1.165, 1.54) is 7.11 Å². The van der Waals surface area contributed by atoms with Crippen LogP contribution in [0.2, 0.25) is 0 Å². The number of aryl methyl sites for hydroxylation is 3. The molecule has 1 saturated carbocycles. The number of nitrogens with one attached hydrogen (secondary N) is 3. The first-order valence-electron chi connectivity index (χ1n) is 11.6. The predicted octanol–water partition coefficient (Wildman–Crippen LogP) is 5.39. The summed E-state index contributed by atoms with van der Waals surface area (Å²) >= 11 is 0. The first-order chi connectivity index (χ1) is 16.6. The van der Waals surface area contributed by atoms with E-state index in [9.17, 15) is 23.2 Å². The lowest BCUT2D eigenvalue weighted by Gasteiger charge is -2.29. The number of halogens is 2. The minimum atomic E-state index is -1.25. The van der Waals surface area contributed by atoms with Crippen LogP contribution in [0, 0.1) is 38.3 Å². The fourth-order valence-corrected chi connectivity index (χ4v) is 4.67. The normalized spacial score (nSPS) is 14.7. The molecule has 1 aliphatic rings. The van der Waals surface area contributed by atoms with Crippen LogP contribution in [-0.2, 0) is 9.53 Å². The smallest absolute Gasteiger partial charge is 0.328 e. The fraction of sp³-hybridized carbons (Fsp3) is 0.423. The number of methoxy groups -OCH3 is 1. The SMILES string of the molecule is COC(=O)[C@@H](NC(=O)c1cc(F)c(F)cc1NC(=O)Nc1c(C)cc(C)cc1C)C1CCCCC1. The molecule has 2 aromatic rings. The Morgan fingerprint density at radius 3 is 2.11 bits per heavy atom. The van der Waals surface area contributed by atoms with Crippen molar-refractivity contribution in [2.75, 3.05) is 17.7 Å². The zero-order valence-electron chi connectivity index (χ0n) is 20.4. The van der Waals surface area contributed by atoms with Crippen molar-refractivity contribution < 1.29 is 27.9 Å². The topological polar surface area (TPSA) is 96.5 Å². The largest absolute Gasteiger partial charge is 0.467 e. The van der Waals surface area contributed by atoms with Gasteiger partial charge < -0.3 is 20.7 Å². The summed E-state index contributed by atoms with van der Waals surface area (Å²) in [4.78, 5) is 38.2. The van der Waals surface area contributed by atoms with Crippen LogP contribution in [0.1, 0.15) is 59.2 Å². The number of ether oxygens (including phenoxy) is 1. The van der Waals surface area contributed by atoms with Crippen LogP contribution in [0.25, 0.3) is 0 Å². The maximum atomic E-state index is 14.1. The summed E-state index contributed by atoms with van der Waals surface area (Å²) in [6.45, 7) is 5.61. The number of esters is 1. The summed E-state index contributed by atoms with van der Waals surface area (Å²) in [6.07, 6.45) is 4.36. The van der Waals surface area contributed by atoms with Crippen molar-refractivity contribution in [1.82, 2.24) is 5.32 Å². The third kappa shape index (κ3) is 6.35. The average Bonchev–Trinajstić information content (AvgIpc) is 2.82. The van der Waals surface area contributed by atoms with Crippen molar-refractivity contribution >= 4 is 29.3 Å². The summed E-state index contributed by atoms with van der Waals surface area (Å²) in [5, 5.41) is 7.76. The van der Waals surface area contributed by atoms with E-state index in [1.807, 2.05) is 32.9 Å². The summed E-state index contributed by atoms with van der Waals surface area (Å²) < 4.78 is 33.0. The number of carbonyl (C=O) groups excluding carboxylic acids is 3. The lowest BCUT2D eigenvalue weighted by atomic mass is 9.83. The Morgan fingerprint density at radius 2 is 1.51 bits per heavy atom. The molecule has 1 fully saturated rings. The highest BCUT2D eigenvalue weighted by Gasteiger charge is 2.33. The maximum absolute atomic E-state index is 14.1. The molecule has 9 heteroatoms. The van der Waals surface area contributed by atoms with Crippen LogP contribution >= 0.6 is 0 Å². The average molecular weight is 488 g/mol. The van der Waals surface area contributed by atoms with Gasteiger partial charge >= 0.3 is 12.0 Å². The van der Waals surface area contributed by atoms with Crippen molar-refractivity contribution in [2.24, 2.45) is 5.92 Å². The summed E-state index contributed by atoms with van der Waals surface area (Å²) in [5.74, 6) is -4.03. The van der Waals surface area contributed by atoms with Crippen LogP contribution in [-0.4, -0.2) is 31.1 Å². The van der Waals surface area contributed by atoms with Crippen molar-refractivity contribution in [1.29, 1.82) is 0 Å². The number of amides is 3. The van der Waals surface area contributed by atoms with Gasteiger partial charge in [-0.15, -0.1) is 0 Å². The van der Waals surface area contributed by atoms with Gasteiger partial charge in [-0.2, -0.15) is 0 Å². The molecule has 188 valence electrons. The fourth-order valence-electron chi connectivity index (χ4n) is 4.67. The maximum Gasteiger partial charge on any atom is 0.328 e. The number of hydrogen-bond acceptors (Lipinski definition) is 4. The molecule has 0 spiro atoms. The molecule has 0 saturated heterocycles. The number of urea groups is 1. The molecule has 0 bridgehead atoms. The molecule has 0 unspecified atom stereocenters. The van der Waals surface area contributed by atoms with Crippen LogP contribution < -0.4 is 16.0 Å². The monoisotopic (exact) mass is 487 g/mol. The number of hydrogen-bond donors (Lipinski definition) is 3. The molecule has 0 aliphatic heterocycles. The molecule has 3 rings (SSSR count). The van der Waals surface area contributed by atoms with Crippen molar-refractivity contribution in [3.05, 3.63) is 58.2 Å². The second-order valence-corrected chi connectivity index (χ2v) is 9.04. The third-order valence-electron chi connectivity index (χ3n) is 6.33. The van der Waals surface area contributed by atoms with E-state index < -0.39 is 35.6 Å². The molecule has 0 aromatic heterocycles. The summed E-state index contributed by atoms with van der Waals surface area (Å²) in [7, 11) is 1.23. The quantitative estimate of drug-likeness (QED) is 0.476. The summed E-state index contributed by atoms with van der Waals surface area (Å²) in [5.41, 5.74) is 2.73. The van der Waals surface area contributed by atoms with Gasteiger partial charge in [-0.1, -0.05) is 37.0 Å². The molecule has 1 aliphatic carbocycles. The number of anilines is 2. The van der Waals surface area contributed by atoms with Gasteiger partial charge in [-0.3, -0.25) is 4.79 Å². The second-order valence-electron chi connectivity index (χ2n) is 9.04. The minimum absolute atomic E-state index is 0.127. The number of carbonyl (C=O) groups is 3. The van der Waals surface area contributed by atoms with Gasteiger partial charge in [0, 0.05) is 11.8 Å². The Hall–Kier alpha value is -3.49. The van der Waals surface area contributed by atoms with Crippen LogP contribution in [0.3, 0.4) is 0 Å². The van der Waals surface area contributed by atoms with Gasteiger partial charge in [0.05, 0.1) is 18.4 Å². The molecule has 3 amide bonds. The lowest BCUT2D eigenvalue weighted by molar-refractivity contribution is -0.144. The Morgan fingerprint density at radius 1 is 0.914 bits per heavy atom. The van der Waals surface area contributed by atoms with Crippen molar-refractivity contribution in [2.45, 2.75) is 58.9 Å². The molecule has 7 nitrogen and oxygen atoms in total. The molecule has 3 N–H and O–H groups in total. The van der Waals surface area contributed by atoms with E-state index in [-0.39, 0.29) is 17.2 Å². The van der Waals surface area contributed by atoms with E-state index in [0.29, 0.717) is 11.8 Å². The molecule has 0 heterocycles. The van der Waals surface area contributed by atoms with E-state index in [0.717, 1.165) is 54.9 Å². The zero-order chi connectivity index (χ0) is 25.7. The van der Waals surface area contributed by atoms with Crippen molar-refractivity contribution in [3.8, 4) is 0 Å². The van der Waals surface area contributed by atoms with Crippen LogP contribution in [0.5, 0.6) is 0 Å². The Kier molecular flexibility index (Phi) is 8.43. The highest BCUT2D eigenvalue weighted by atomic mass is 19.2. The van der Waals surface area contributed by atoms with Gasteiger partial charge in [-0.25, -0.2) is 18.4 Å². The first kappa shape index (κ1) is 26.1. The third-order valence-corrected chi connectivity index (χ3v) is 6.33. The van der Waals surface area contributed by atoms with Crippen LogP contribution in [0.15, 0.2) is 24.3 Å². The van der Waals surface area contributed by atoms with E-state index in [1.54, 1.807) is 0 Å². The first-order valence-corrected chi connectivity index (χ1v) is 11.6. The van der Waals surface area contributed by atoms with Gasteiger partial charge in [-0.05, 0) is 56.7 Å². The Labute approximate surface area is 203 Å². The predicted molar refractivity (Wildman–Crippen MR) is 129 cm³/mol. The zero-order valence-corrected chi connectivity index (χ0v) is 20.4. The van der Waals surface area contributed by atoms with Gasteiger partial charge in [0.15, 0.2) is 11.6 Å². The number of benzene rings is 2. The highest BCUT2D eigenvalue weighted by Crippen LogP contribution is 2.28.